The fourth-order valence-corrected chi connectivity index (χ4v) is 3.00. The summed E-state index contributed by atoms with van der Waals surface area (Å²) in [4.78, 5) is 24.3. The normalized spacial score (nSPS) is 11.8. The summed E-state index contributed by atoms with van der Waals surface area (Å²) < 4.78 is 0. The minimum Gasteiger partial charge on any atom is -0.480 e. The van der Waals surface area contributed by atoms with Gasteiger partial charge in [0.2, 0.25) is 5.95 Å². The molecule has 31 heavy (non-hydrogen) atoms. The number of benzene rings is 1. The highest BCUT2D eigenvalue weighted by atomic mass is 16.4. The molecule has 0 aliphatic heterocycles. The van der Waals surface area contributed by atoms with Crippen molar-refractivity contribution >= 4 is 17.6 Å². The minimum atomic E-state index is -1.09. The van der Waals surface area contributed by atoms with E-state index in [0.29, 0.717) is 19.0 Å². The molecule has 2 aromatic heterocycles. The van der Waals surface area contributed by atoms with Crippen LogP contribution in [0.3, 0.4) is 0 Å². The monoisotopic (exact) mass is 422 g/mol. The number of rotatable bonds is 11. The number of hydrogen-bond acceptors (Lipinski definition) is 8. The van der Waals surface area contributed by atoms with Gasteiger partial charge in [-0.15, -0.1) is 0 Å². The summed E-state index contributed by atoms with van der Waals surface area (Å²) in [7, 11) is 0. The van der Waals surface area contributed by atoms with Crippen LogP contribution in [0.4, 0.5) is 11.6 Å². The number of carboxylic acids is 1. The molecular weight excluding hydrogens is 396 g/mol. The summed E-state index contributed by atoms with van der Waals surface area (Å²) in [5.41, 5.74) is 9.92. The summed E-state index contributed by atoms with van der Waals surface area (Å²) in [6, 6.07) is 12.2. The number of anilines is 2. The summed E-state index contributed by atoms with van der Waals surface area (Å²) >= 11 is 0. The maximum absolute atomic E-state index is 11.0. The predicted octanol–water partition coefficient (Wildman–Crippen LogP) is 1.71. The van der Waals surface area contributed by atoms with Crippen molar-refractivity contribution in [2.24, 2.45) is 5.73 Å². The van der Waals surface area contributed by atoms with E-state index in [1.165, 1.54) is 0 Å². The Kier molecular flexibility index (Phi) is 7.99. The molecule has 0 saturated heterocycles. The second-order valence-electron chi connectivity index (χ2n) is 6.97. The average Bonchev–Trinajstić information content (AvgIpc) is 2.78. The third-order valence-electron chi connectivity index (χ3n) is 4.62. The number of aryl methyl sites for hydroxylation is 1. The lowest BCUT2D eigenvalue weighted by molar-refractivity contribution is -0.140. The zero-order valence-corrected chi connectivity index (χ0v) is 17.0. The highest BCUT2D eigenvalue weighted by Gasteiger charge is 2.15. The third kappa shape index (κ3) is 6.54. The summed E-state index contributed by atoms with van der Waals surface area (Å²) in [6.45, 7) is 0.451. The van der Waals surface area contributed by atoms with Crippen molar-refractivity contribution in [2.75, 3.05) is 18.5 Å². The van der Waals surface area contributed by atoms with Crippen LogP contribution in [0.25, 0.3) is 11.3 Å². The Morgan fingerprint density at radius 3 is 2.74 bits per heavy atom. The maximum Gasteiger partial charge on any atom is 0.323 e. The molecule has 0 amide bonds. The van der Waals surface area contributed by atoms with Crippen LogP contribution in [0.15, 0.2) is 54.9 Å². The van der Waals surface area contributed by atoms with Gasteiger partial charge in [0.15, 0.2) is 0 Å². The lowest BCUT2D eigenvalue weighted by Crippen LogP contribution is -2.39. The molecule has 2 heterocycles. The zero-order chi connectivity index (χ0) is 22.1. The second-order valence-corrected chi connectivity index (χ2v) is 6.97. The van der Waals surface area contributed by atoms with Crippen LogP contribution in [0.1, 0.15) is 17.7 Å². The first-order valence-electron chi connectivity index (χ1n) is 10.0. The van der Waals surface area contributed by atoms with Crippen LogP contribution in [-0.4, -0.2) is 50.3 Å². The molecule has 0 aliphatic carbocycles. The predicted molar refractivity (Wildman–Crippen MR) is 118 cm³/mol. The zero-order valence-electron chi connectivity index (χ0n) is 17.0. The van der Waals surface area contributed by atoms with Gasteiger partial charge in [0.1, 0.15) is 6.04 Å². The Bertz CT molecular complexity index is 1010. The molecule has 0 radical (unpaired) electrons. The number of carbonyl (C=O) groups is 1. The molecule has 0 bridgehead atoms. The van der Waals surface area contributed by atoms with Gasteiger partial charge < -0.3 is 21.3 Å². The lowest BCUT2D eigenvalue weighted by Gasteiger charge is -2.12. The molecule has 0 fully saturated rings. The lowest BCUT2D eigenvalue weighted by atomic mass is 10.1. The number of aliphatic carboxylic acids is 1. The van der Waals surface area contributed by atoms with Crippen LogP contribution in [0, 0.1) is 0 Å². The van der Waals surface area contributed by atoms with E-state index in [1.54, 1.807) is 12.4 Å². The summed E-state index contributed by atoms with van der Waals surface area (Å²) in [5.74, 6) is -0.647. The molecule has 1 aromatic carbocycles. The van der Waals surface area contributed by atoms with E-state index in [0.717, 1.165) is 41.0 Å². The van der Waals surface area contributed by atoms with E-state index in [4.69, 9.17) is 15.9 Å². The van der Waals surface area contributed by atoms with Crippen LogP contribution in [0.2, 0.25) is 0 Å². The second kappa shape index (κ2) is 11.1. The van der Waals surface area contributed by atoms with Gasteiger partial charge in [-0.25, -0.2) is 9.97 Å². The molecule has 1 atom stereocenters. The first-order chi connectivity index (χ1) is 15.1. The van der Waals surface area contributed by atoms with Gasteiger partial charge in [-0.1, -0.05) is 12.1 Å². The van der Waals surface area contributed by atoms with E-state index in [2.05, 4.69) is 25.6 Å². The fourth-order valence-electron chi connectivity index (χ4n) is 3.00. The van der Waals surface area contributed by atoms with Crippen molar-refractivity contribution in [3.63, 3.8) is 0 Å². The number of hydrogen-bond donors (Lipinski definition) is 5. The van der Waals surface area contributed by atoms with Crippen molar-refractivity contribution in [3.05, 3.63) is 66.1 Å². The first kappa shape index (κ1) is 22.3. The smallest absolute Gasteiger partial charge is 0.323 e. The molecule has 1 unspecified atom stereocenters. The molecule has 9 heteroatoms. The Labute approximate surface area is 180 Å². The maximum atomic E-state index is 11.0. The van der Waals surface area contributed by atoms with Gasteiger partial charge in [0.25, 0.3) is 0 Å². The highest BCUT2D eigenvalue weighted by Crippen LogP contribution is 2.21. The molecule has 0 spiro atoms. The number of aliphatic hydroxyl groups is 1. The van der Waals surface area contributed by atoms with Gasteiger partial charge in [0, 0.05) is 35.9 Å². The van der Waals surface area contributed by atoms with Crippen molar-refractivity contribution in [3.8, 4) is 11.3 Å². The molecular formula is C22H26N6O3. The molecule has 3 rings (SSSR count). The van der Waals surface area contributed by atoms with Crippen LogP contribution in [-0.2, 0) is 17.8 Å². The average molecular weight is 422 g/mol. The number of nitrogens with zero attached hydrogens (tertiary/aromatic N) is 3. The SMILES string of the molecule is NCCCc1cc(-c2ccnc(Nc3cccc(CNC(CO)C(=O)O)c3)n2)ccn1. The Morgan fingerprint density at radius 1 is 1.13 bits per heavy atom. The van der Waals surface area contributed by atoms with Gasteiger partial charge in [-0.2, -0.15) is 0 Å². The van der Waals surface area contributed by atoms with Gasteiger partial charge in [-0.3, -0.25) is 15.1 Å². The van der Waals surface area contributed by atoms with Gasteiger partial charge in [0.05, 0.1) is 12.3 Å². The van der Waals surface area contributed by atoms with Crippen LogP contribution >= 0.6 is 0 Å². The number of aliphatic hydroxyl groups excluding tert-OH is 1. The number of nitrogens with two attached hydrogens (primary N) is 1. The number of pyridine rings is 1. The van der Waals surface area contributed by atoms with Crippen molar-refractivity contribution in [1.29, 1.82) is 0 Å². The van der Waals surface area contributed by atoms with Gasteiger partial charge >= 0.3 is 5.97 Å². The largest absolute Gasteiger partial charge is 0.480 e. The van der Waals surface area contributed by atoms with E-state index >= 15 is 0 Å². The Balaban J connectivity index is 1.71. The Hall–Kier alpha value is -3.40. The number of carboxylic acid groups (broad SMARTS) is 1. The number of nitrogens with one attached hydrogen (secondary N) is 2. The quantitative estimate of drug-likeness (QED) is 0.311. The number of aromatic nitrogens is 3. The topological polar surface area (TPSA) is 146 Å². The fraction of sp³-hybridized carbons (Fsp3) is 0.273. The van der Waals surface area contributed by atoms with E-state index < -0.39 is 18.6 Å². The molecule has 162 valence electrons. The summed E-state index contributed by atoms with van der Waals surface area (Å²) in [5, 5.41) is 24.1. The van der Waals surface area contributed by atoms with Gasteiger partial charge in [-0.05, 0) is 55.3 Å². The summed E-state index contributed by atoms with van der Waals surface area (Å²) in [6.07, 6.45) is 5.16. The molecule has 9 nitrogen and oxygen atoms in total. The van der Waals surface area contributed by atoms with Crippen LogP contribution < -0.4 is 16.4 Å². The molecule has 6 N–H and O–H groups in total. The van der Waals surface area contributed by atoms with Crippen molar-refractivity contribution < 1.29 is 15.0 Å². The van der Waals surface area contributed by atoms with E-state index in [1.807, 2.05) is 42.5 Å². The highest BCUT2D eigenvalue weighted by molar-refractivity contribution is 5.73. The van der Waals surface area contributed by atoms with Crippen molar-refractivity contribution in [1.82, 2.24) is 20.3 Å². The Morgan fingerprint density at radius 2 is 1.97 bits per heavy atom. The van der Waals surface area contributed by atoms with E-state index in [-0.39, 0.29) is 0 Å². The molecule has 3 aromatic rings. The molecule has 0 saturated carbocycles. The third-order valence-corrected chi connectivity index (χ3v) is 4.62. The molecule has 0 aliphatic rings. The first-order valence-corrected chi connectivity index (χ1v) is 10.0. The van der Waals surface area contributed by atoms with Crippen LogP contribution in [0.5, 0.6) is 0 Å². The minimum absolute atomic E-state index is 0.302. The van der Waals surface area contributed by atoms with E-state index in [9.17, 15) is 4.79 Å². The standard InChI is InChI=1S/C22H26N6O3/c23-8-2-5-17-12-16(6-9-24-17)19-7-10-25-22(28-19)27-18-4-1-3-15(11-18)13-26-20(14-29)21(30)31/h1,3-4,6-7,9-12,20,26,29H,2,5,8,13-14,23H2,(H,30,31)(H,25,27,28). The van der Waals surface area contributed by atoms with Crippen molar-refractivity contribution in [2.45, 2.75) is 25.4 Å².